The number of allylic oxidation sites excluding steroid dienone is 1. The maximum absolute atomic E-state index is 12.2. The van der Waals surface area contributed by atoms with Gasteiger partial charge in [0.1, 0.15) is 6.04 Å². The molecule has 0 aromatic heterocycles. The quantitative estimate of drug-likeness (QED) is 0.676. The molecule has 0 aliphatic carbocycles. The van der Waals surface area contributed by atoms with Crippen LogP contribution in [0.5, 0.6) is 0 Å². The molecule has 1 aromatic rings. The molecule has 0 radical (unpaired) electrons. The third-order valence-electron chi connectivity index (χ3n) is 3.21. The molecule has 0 spiro atoms. The van der Waals surface area contributed by atoms with Crippen molar-refractivity contribution in [3.63, 3.8) is 0 Å². The van der Waals surface area contributed by atoms with Gasteiger partial charge in [-0.1, -0.05) is 30.3 Å². The fourth-order valence-electron chi connectivity index (χ4n) is 2.30. The predicted octanol–water partition coefficient (Wildman–Crippen LogP) is 1.75. The average molecular weight is 288 g/mol. The van der Waals surface area contributed by atoms with Gasteiger partial charge in [0.25, 0.3) is 0 Å². The minimum atomic E-state index is -0.781. The summed E-state index contributed by atoms with van der Waals surface area (Å²) in [6.07, 6.45) is 0.415. The highest BCUT2D eigenvalue weighted by atomic mass is 16.5. The number of ether oxygens (including phenoxy) is 1. The molecule has 0 fully saturated rings. The summed E-state index contributed by atoms with van der Waals surface area (Å²) < 4.78 is 5.04. The van der Waals surface area contributed by atoms with Crippen molar-refractivity contribution < 1.29 is 19.1 Å². The van der Waals surface area contributed by atoms with Crippen LogP contribution in [-0.4, -0.2) is 29.9 Å². The van der Waals surface area contributed by atoms with Crippen LogP contribution in [0.3, 0.4) is 0 Å². The first-order valence-corrected chi connectivity index (χ1v) is 6.57. The normalized spacial score (nSPS) is 18.3. The van der Waals surface area contributed by atoms with Crippen LogP contribution in [0.1, 0.15) is 25.5 Å². The van der Waals surface area contributed by atoms with Crippen LogP contribution in [0, 0.1) is 0 Å². The average Bonchev–Trinajstić information content (AvgIpc) is 2.47. The van der Waals surface area contributed by atoms with Gasteiger partial charge in [0.2, 0.25) is 6.41 Å². The van der Waals surface area contributed by atoms with Gasteiger partial charge in [0, 0.05) is 5.70 Å². The van der Waals surface area contributed by atoms with Crippen molar-refractivity contribution >= 4 is 18.4 Å². The summed E-state index contributed by atoms with van der Waals surface area (Å²) in [4.78, 5) is 36.4. The fraction of sp³-hybridized carbons (Fsp3) is 0.267. The summed E-state index contributed by atoms with van der Waals surface area (Å²) in [5.41, 5.74) is 1.32. The number of benzene rings is 1. The van der Waals surface area contributed by atoms with Gasteiger partial charge in [-0.05, 0) is 19.4 Å². The van der Waals surface area contributed by atoms with E-state index >= 15 is 0 Å². The predicted molar refractivity (Wildman–Crippen MR) is 75.0 cm³/mol. The summed E-state index contributed by atoms with van der Waals surface area (Å²) in [5.74, 6) is -0.546. The van der Waals surface area contributed by atoms with Crippen molar-refractivity contribution in [2.45, 2.75) is 19.9 Å². The Morgan fingerprint density at radius 1 is 1.38 bits per heavy atom. The monoisotopic (exact) mass is 288 g/mol. The van der Waals surface area contributed by atoms with E-state index in [0.29, 0.717) is 17.7 Å². The number of urea groups is 1. The van der Waals surface area contributed by atoms with Crippen molar-refractivity contribution in [1.82, 2.24) is 10.2 Å². The van der Waals surface area contributed by atoms with Gasteiger partial charge in [-0.15, -0.1) is 0 Å². The van der Waals surface area contributed by atoms with Crippen LogP contribution in [0.4, 0.5) is 4.79 Å². The second-order valence-electron chi connectivity index (χ2n) is 4.52. The van der Waals surface area contributed by atoms with Gasteiger partial charge >= 0.3 is 12.0 Å². The standard InChI is InChI=1S/C15H16N2O4/c1-3-21-14(19)12-10(2)16-15(20)17(9-18)13(12)11-7-5-4-6-8-11/h4-9,13H,3H2,1-2H3,(H,16,20)/t13-/m1/s1. The molecule has 0 saturated heterocycles. The minimum absolute atomic E-state index is 0.214. The van der Waals surface area contributed by atoms with Crippen LogP contribution >= 0.6 is 0 Å². The molecule has 0 unspecified atom stereocenters. The molecule has 21 heavy (non-hydrogen) atoms. The van der Waals surface area contributed by atoms with Crippen LogP contribution in [0.25, 0.3) is 0 Å². The van der Waals surface area contributed by atoms with Gasteiger partial charge < -0.3 is 10.1 Å². The third-order valence-corrected chi connectivity index (χ3v) is 3.21. The zero-order valence-electron chi connectivity index (χ0n) is 11.8. The zero-order chi connectivity index (χ0) is 15.4. The van der Waals surface area contributed by atoms with Crippen molar-refractivity contribution in [1.29, 1.82) is 0 Å². The molecule has 1 aliphatic rings. The lowest BCUT2D eigenvalue weighted by molar-refractivity contribution is -0.139. The topological polar surface area (TPSA) is 75.7 Å². The number of imide groups is 1. The van der Waals surface area contributed by atoms with Crippen molar-refractivity contribution in [3.05, 3.63) is 47.2 Å². The van der Waals surface area contributed by atoms with Crippen molar-refractivity contribution in [2.24, 2.45) is 0 Å². The molecule has 3 amide bonds. The Bertz CT molecular complexity index is 595. The van der Waals surface area contributed by atoms with E-state index in [1.807, 2.05) is 6.07 Å². The van der Waals surface area contributed by atoms with E-state index < -0.39 is 18.0 Å². The van der Waals surface area contributed by atoms with Crippen molar-refractivity contribution in [3.8, 4) is 0 Å². The molecule has 2 rings (SSSR count). The lowest BCUT2D eigenvalue weighted by atomic mass is 9.94. The van der Waals surface area contributed by atoms with E-state index in [2.05, 4.69) is 5.32 Å². The minimum Gasteiger partial charge on any atom is -0.463 e. The number of esters is 1. The highest BCUT2D eigenvalue weighted by Gasteiger charge is 2.38. The SMILES string of the molecule is CCOC(=O)C1=C(C)NC(=O)N(C=O)[C@@H]1c1ccccc1. The van der Waals surface area contributed by atoms with Crippen LogP contribution in [0.2, 0.25) is 0 Å². The number of hydrogen-bond acceptors (Lipinski definition) is 4. The third kappa shape index (κ3) is 2.79. The molecule has 1 aliphatic heterocycles. The smallest absolute Gasteiger partial charge is 0.338 e. The first kappa shape index (κ1) is 14.8. The van der Waals surface area contributed by atoms with Crippen LogP contribution < -0.4 is 5.32 Å². The second-order valence-corrected chi connectivity index (χ2v) is 4.52. The molecule has 6 nitrogen and oxygen atoms in total. The first-order valence-electron chi connectivity index (χ1n) is 6.57. The van der Waals surface area contributed by atoms with E-state index in [1.165, 1.54) is 0 Å². The molecule has 1 aromatic carbocycles. The van der Waals surface area contributed by atoms with Gasteiger partial charge in [-0.3, -0.25) is 9.69 Å². The first-order chi connectivity index (χ1) is 10.1. The largest absolute Gasteiger partial charge is 0.463 e. The number of rotatable bonds is 4. The van der Waals surface area contributed by atoms with E-state index in [-0.39, 0.29) is 12.2 Å². The molecule has 1 heterocycles. The zero-order valence-corrected chi connectivity index (χ0v) is 11.8. The number of amides is 3. The van der Waals surface area contributed by atoms with Crippen LogP contribution in [0.15, 0.2) is 41.6 Å². The Balaban J connectivity index is 2.55. The summed E-state index contributed by atoms with van der Waals surface area (Å²) >= 11 is 0. The van der Waals surface area contributed by atoms with Gasteiger partial charge in [0.05, 0.1) is 12.2 Å². The Morgan fingerprint density at radius 2 is 2.05 bits per heavy atom. The number of carbonyl (C=O) groups is 3. The van der Waals surface area contributed by atoms with E-state index in [4.69, 9.17) is 4.74 Å². The Morgan fingerprint density at radius 3 is 2.62 bits per heavy atom. The molecule has 0 saturated carbocycles. The van der Waals surface area contributed by atoms with Crippen molar-refractivity contribution in [2.75, 3.05) is 6.61 Å². The highest BCUT2D eigenvalue weighted by Crippen LogP contribution is 2.33. The van der Waals surface area contributed by atoms with E-state index in [1.54, 1.807) is 38.1 Å². The molecule has 6 heteroatoms. The highest BCUT2D eigenvalue weighted by molar-refractivity contribution is 5.98. The van der Waals surface area contributed by atoms with E-state index in [0.717, 1.165) is 4.90 Å². The summed E-state index contributed by atoms with van der Waals surface area (Å²) in [5, 5.41) is 2.50. The fourth-order valence-corrected chi connectivity index (χ4v) is 2.30. The summed E-state index contributed by atoms with van der Waals surface area (Å²) in [6, 6.07) is 7.55. The molecule has 1 N–H and O–H groups in total. The Labute approximate surface area is 122 Å². The summed E-state index contributed by atoms with van der Waals surface area (Å²) in [7, 11) is 0. The molecular weight excluding hydrogens is 272 g/mol. The Kier molecular flexibility index (Phi) is 4.37. The molecular formula is C15H16N2O4. The number of carbonyl (C=O) groups excluding carboxylic acids is 3. The lowest BCUT2D eigenvalue weighted by Crippen LogP contribution is -2.47. The number of nitrogens with one attached hydrogen (secondary N) is 1. The molecule has 1 atom stereocenters. The molecule has 110 valence electrons. The van der Waals surface area contributed by atoms with Crippen LogP contribution in [-0.2, 0) is 14.3 Å². The number of hydrogen-bond donors (Lipinski definition) is 1. The number of nitrogens with zero attached hydrogens (tertiary/aromatic N) is 1. The van der Waals surface area contributed by atoms with Gasteiger partial charge in [-0.2, -0.15) is 0 Å². The van der Waals surface area contributed by atoms with Gasteiger partial charge in [0.15, 0.2) is 0 Å². The Hall–Kier alpha value is -2.63. The maximum Gasteiger partial charge on any atom is 0.338 e. The second kappa shape index (κ2) is 6.21. The molecule has 0 bridgehead atoms. The van der Waals surface area contributed by atoms with Gasteiger partial charge in [-0.25, -0.2) is 9.59 Å². The summed E-state index contributed by atoms with van der Waals surface area (Å²) in [6.45, 7) is 3.53. The lowest BCUT2D eigenvalue weighted by Gasteiger charge is -2.33. The maximum atomic E-state index is 12.2. The van der Waals surface area contributed by atoms with E-state index in [9.17, 15) is 14.4 Å².